The fraction of sp³-hybridized carbons (Fsp3) is 0.840. The van der Waals surface area contributed by atoms with Crippen molar-refractivity contribution in [1.82, 2.24) is 0 Å². The van der Waals surface area contributed by atoms with Gasteiger partial charge in [0.25, 0.3) is 0 Å². The highest BCUT2D eigenvalue weighted by molar-refractivity contribution is 5.72. The molecule has 0 bridgehead atoms. The Kier molecular flexibility index (Phi) is 18.8. The normalized spacial score (nSPS) is 11.6. The van der Waals surface area contributed by atoms with Gasteiger partial charge in [0, 0.05) is 19.3 Å². The molecule has 1 unspecified atom stereocenters. The van der Waals surface area contributed by atoms with E-state index in [1.807, 2.05) is 6.92 Å². The van der Waals surface area contributed by atoms with Crippen molar-refractivity contribution in [3.8, 4) is 11.8 Å². The molecule has 0 N–H and O–H groups in total. The first kappa shape index (κ1) is 27.5. The summed E-state index contributed by atoms with van der Waals surface area (Å²) in [5, 5.41) is 0. The molecular formula is C25H44O4. The largest absolute Gasteiger partial charge is 0.466 e. The van der Waals surface area contributed by atoms with Crippen LogP contribution in [0.2, 0.25) is 0 Å². The lowest BCUT2D eigenvalue weighted by Crippen LogP contribution is -2.19. The molecule has 0 heterocycles. The minimum absolute atomic E-state index is 0.220. The van der Waals surface area contributed by atoms with Gasteiger partial charge in [-0.1, -0.05) is 90.9 Å². The smallest absolute Gasteiger partial charge is 0.307 e. The fourth-order valence-corrected chi connectivity index (χ4v) is 3.05. The van der Waals surface area contributed by atoms with Gasteiger partial charge in [0.1, 0.15) is 0 Å². The molecule has 0 amide bonds. The van der Waals surface area contributed by atoms with E-state index in [9.17, 15) is 9.59 Å². The molecule has 0 radical (unpaired) electrons. The number of ether oxygens (including phenoxy) is 2. The third-order valence-electron chi connectivity index (χ3n) is 4.67. The summed E-state index contributed by atoms with van der Waals surface area (Å²) in [6.07, 6.45) is 13.3. The second kappa shape index (κ2) is 19.8. The van der Waals surface area contributed by atoms with Crippen LogP contribution in [0.4, 0.5) is 0 Å². The lowest BCUT2D eigenvalue weighted by Gasteiger charge is -2.14. The molecule has 0 saturated heterocycles. The molecule has 0 aromatic rings. The zero-order chi connectivity index (χ0) is 21.7. The van der Waals surface area contributed by atoms with Gasteiger partial charge in [0.15, 0.2) is 6.10 Å². The van der Waals surface area contributed by atoms with Gasteiger partial charge in [-0.25, -0.2) is 0 Å². The molecular weight excluding hydrogens is 364 g/mol. The molecule has 0 rings (SSSR count). The Hall–Kier alpha value is -1.50. The highest BCUT2D eigenvalue weighted by atomic mass is 16.5. The summed E-state index contributed by atoms with van der Waals surface area (Å²) in [6.45, 7) is 8.86. The van der Waals surface area contributed by atoms with Crippen molar-refractivity contribution in [3.63, 3.8) is 0 Å². The maximum atomic E-state index is 12.0. The topological polar surface area (TPSA) is 52.6 Å². The number of unbranched alkanes of at least 4 members (excludes halogenated alkanes) is 8. The Morgan fingerprint density at radius 3 is 1.97 bits per heavy atom. The highest BCUT2D eigenvalue weighted by Gasteiger charge is 2.14. The van der Waals surface area contributed by atoms with Gasteiger partial charge in [-0.3, -0.25) is 9.59 Å². The summed E-state index contributed by atoms with van der Waals surface area (Å²) in [5.74, 6) is 5.90. The fourth-order valence-electron chi connectivity index (χ4n) is 3.05. The second-order valence-electron chi connectivity index (χ2n) is 8.19. The van der Waals surface area contributed by atoms with Crippen LogP contribution in [0.15, 0.2) is 0 Å². The average molecular weight is 409 g/mol. The summed E-state index contributed by atoms with van der Waals surface area (Å²) in [7, 11) is 0. The molecule has 0 spiro atoms. The lowest BCUT2D eigenvalue weighted by molar-refractivity contribution is -0.147. The van der Waals surface area contributed by atoms with E-state index in [0.717, 1.165) is 25.7 Å². The molecule has 4 heteroatoms. The Labute approximate surface area is 179 Å². The summed E-state index contributed by atoms with van der Waals surface area (Å²) in [4.78, 5) is 23.8. The Morgan fingerprint density at radius 2 is 1.38 bits per heavy atom. The number of carbonyl (C=O) groups excluding carboxylic acids is 2. The summed E-state index contributed by atoms with van der Waals surface area (Å²) in [5.41, 5.74) is 0. The Morgan fingerprint density at radius 1 is 0.793 bits per heavy atom. The predicted octanol–water partition coefficient (Wildman–Crippen LogP) is 6.60. The minimum atomic E-state index is -0.346. The molecule has 0 aliphatic rings. The Balaban J connectivity index is 3.70. The highest BCUT2D eigenvalue weighted by Crippen LogP contribution is 2.11. The van der Waals surface area contributed by atoms with Crippen LogP contribution < -0.4 is 0 Å². The molecule has 0 aromatic carbocycles. The number of hydrogen-bond donors (Lipinski definition) is 0. The SMILES string of the molecule is CCC#CC(CC(C)C)OC(=O)CCCC(=O)OCCCCCCCCCCC. The number of hydrogen-bond acceptors (Lipinski definition) is 4. The first-order valence-corrected chi connectivity index (χ1v) is 11.8. The van der Waals surface area contributed by atoms with E-state index in [1.54, 1.807) is 0 Å². The molecule has 168 valence electrons. The summed E-state index contributed by atoms with van der Waals surface area (Å²) in [6, 6.07) is 0. The van der Waals surface area contributed by atoms with Crippen molar-refractivity contribution < 1.29 is 19.1 Å². The van der Waals surface area contributed by atoms with Gasteiger partial charge >= 0.3 is 11.9 Å². The average Bonchev–Trinajstić information content (AvgIpc) is 2.67. The standard InChI is InChI=1S/C25H44O4/c1-5-7-9-10-11-12-13-14-15-20-28-24(26)18-16-19-25(27)29-23(17-8-6-2)21-22(3)4/h22-23H,5-7,9-16,18-21H2,1-4H3. The molecule has 0 aliphatic heterocycles. The van der Waals surface area contributed by atoms with Crippen LogP contribution >= 0.6 is 0 Å². The maximum absolute atomic E-state index is 12.0. The zero-order valence-electron chi connectivity index (χ0n) is 19.4. The number of carbonyl (C=O) groups is 2. The minimum Gasteiger partial charge on any atom is -0.466 e. The first-order chi connectivity index (χ1) is 14.0. The van der Waals surface area contributed by atoms with Gasteiger partial charge in [0.05, 0.1) is 6.61 Å². The van der Waals surface area contributed by atoms with Gasteiger partial charge in [-0.15, -0.1) is 0 Å². The van der Waals surface area contributed by atoms with Crippen LogP contribution in [0.1, 0.15) is 118 Å². The monoisotopic (exact) mass is 408 g/mol. The molecule has 0 saturated carbocycles. The number of esters is 2. The summed E-state index contributed by atoms with van der Waals surface area (Å²) >= 11 is 0. The third kappa shape index (κ3) is 19.6. The zero-order valence-corrected chi connectivity index (χ0v) is 19.4. The van der Waals surface area contributed by atoms with E-state index in [4.69, 9.17) is 9.47 Å². The van der Waals surface area contributed by atoms with E-state index < -0.39 is 0 Å². The van der Waals surface area contributed by atoms with Gasteiger partial charge in [-0.05, 0) is 25.2 Å². The molecule has 4 nitrogen and oxygen atoms in total. The van der Waals surface area contributed by atoms with E-state index in [0.29, 0.717) is 18.9 Å². The van der Waals surface area contributed by atoms with E-state index >= 15 is 0 Å². The first-order valence-electron chi connectivity index (χ1n) is 11.8. The predicted molar refractivity (Wildman–Crippen MR) is 119 cm³/mol. The van der Waals surface area contributed by atoms with Crippen molar-refractivity contribution in [2.75, 3.05) is 6.61 Å². The molecule has 0 aromatic heterocycles. The van der Waals surface area contributed by atoms with E-state index in [2.05, 4.69) is 32.6 Å². The van der Waals surface area contributed by atoms with Crippen molar-refractivity contribution >= 4 is 11.9 Å². The number of rotatable bonds is 17. The molecule has 1 atom stereocenters. The third-order valence-corrected chi connectivity index (χ3v) is 4.67. The van der Waals surface area contributed by atoms with Crippen LogP contribution in [0.25, 0.3) is 0 Å². The van der Waals surface area contributed by atoms with Crippen molar-refractivity contribution in [3.05, 3.63) is 0 Å². The maximum Gasteiger partial charge on any atom is 0.307 e. The van der Waals surface area contributed by atoms with Crippen molar-refractivity contribution in [2.24, 2.45) is 5.92 Å². The molecule has 29 heavy (non-hydrogen) atoms. The van der Waals surface area contributed by atoms with Crippen molar-refractivity contribution in [1.29, 1.82) is 0 Å². The van der Waals surface area contributed by atoms with Crippen LogP contribution in [0.5, 0.6) is 0 Å². The molecule has 0 fully saturated rings. The second-order valence-corrected chi connectivity index (χ2v) is 8.19. The van der Waals surface area contributed by atoms with Gasteiger partial charge in [-0.2, -0.15) is 0 Å². The summed E-state index contributed by atoms with van der Waals surface area (Å²) < 4.78 is 10.7. The van der Waals surface area contributed by atoms with Crippen LogP contribution in [0.3, 0.4) is 0 Å². The Bertz CT molecular complexity index is 473. The lowest BCUT2D eigenvalue weighted by atomic mass is 10.1. The van der Waals surface area contributed by atoms with E-state index in [1.165, 1.54) is 44.9 Å². The van der Waals surface area contributed by atoms with E-state index in [-0.39, 0.29) is 30.9 Å². The van der Waals surface area contributed by atoms with Gasteiger partial charge in [0.2, 0.25) is 0 Å². The quantitative estimate of drug-likeness (QED) is 0.154. The van der Waals surface area contributed by atoms with Crippen LogP contribution in [-0.2, 0) is 19.1 Å². The van der Waals surface area contributed by atoms with Crippen LogP contribution in [0, 0.1) is 17.8 Å². The van der Waals surface area contributed by atoms with Crippen LogP contribution in [-0.4, -0.2) is 24.6 Å². The van der Waals surface area contributed by atoms with Gasteiger partial charge < -0.3 is 9.47 Å². The van der Waals surface area contributed by atoms with Crippen molar-refractivity contribution in [2.45, 2.75) is 124 Å². The molecule has 0 aliphatic carbocycles.